The van der Waals surface area contributed by atoms with Gasteiger partial charge in [-0.1, -0.05) is 13.0 Å². The fourth-order valence-electron chi connectivity index (χ4n) is 2.19. The Hall–Kier alpha value is -1.65. The normalized spacial score (nSPS) is 12.2. The van der Waals surface area contributed by atoms with E-state index in [-0.39, 0.29) is 6.04 Å². The van der Waals surface area contributed by atoms with Gasteiger partial charge in [-0.15, -0.1) is 0 Å². The van der Waals surface area contributed by atoms with Crippen LogP contribution in [0.1, 0.15) is 30.7 Å². The molecule has 1 atom stereocenters. The molecular formula is C16H20ClNO3. The Morgan fingerprint density at radius 2 is 1.90 bits per heavy atom. The van der Waals surface area contributed by atoms with E-state index in [0.29, 0.717) is 16.7 Å². The number of hydrogen-bond donors (Lipinski definition) is 1. The molecule has 0 saturated carbocycles. The molecule has 1 heterocycles. The van der Waals surface area contributed by atoms with Crippen LogP contribution in [0.4, 0.5) is 0 Å². The van der Waals surface area contributed by atoms with Gasteiger partial charge in [0.15, 0.2) is 16.7 Å². The Balaban J connectivity index is 2.36. The van der Waals surface area contributed by atoms with E-state index in [4.69, 9.17) is 25.5 Å². The Morgan fingerprint density at radius 3 is 2.48 bits per heavy atom. The number of ether oxygens (including phenoxy) is 2. The highest BCUT2D eigenvalue weighted by molar-refractivity contribution is 6.28. The maximum absolute atomic E-state index is 5.89. The lowest BCUT2D eigenvalue weighted by Gasteiger charge is -2.18. The third kappa shape index (κ3) is 3.71. The minimum Gasteiger partial charge on any atom is -0.493 e. The lowest BCUT2D eigenvalue weighted by Crippen LogP contribution is -2.22. The molecule has 0 spiro atoms. The first-order chi connectivity index (χ1) is 10.2. The van der Waals surface area contributed by atoms with Crippen LogP contribution in [0.3, 0.4) is 0 Å². The zero-order valence-corrected chi connectivity index (χ0v) is 13.2. The first-order valence-corrected chi connectivity index (χ1v) is 7.28. The monoisotopic (exact) mass is 309 g/mol. The summed E-state index contributed by atoms with van der Waals surface area (Å²) in [6, 6.07) is 9.38. The molecule has 0 fully saturated rings. The van der Waals surface area contributed by atoms with Crippen LogP contribution in [-0.4, -0.2) is 20.8 Å². The number of halogens is 1. The van der Waals surface area contributed by atoms with Gasteiger partial charge in [-0.25, -0.2) is 0 Å². The summed E-state index contributed by atoms with van der Waals surface area (Å²) in [6.45, 7) is 2.99. The molecule has 0 aliphatic carbocycles. The smallest absolute Gasteiger partial charge is 0.193 e. The van der Waals surface area contributed by atoms with Gasteiger partial charge >= 0.3 is 0 Å². The molecular weight excluding hydrogens is 290 g/mol. The van der Waals surface area contributed by atoms with Crippen molar-refractivity contribution in [2.75, 3.05) is 20.8 Å². The molecule has 0 bridgehead atoms. The van der Waals surface area contributed by atoms with Crippen molar-refractivity contribution in [1.82, 2.24) is 5.32 Å². The molecule has 5 heteroatoms. The Morgan fingerprint density at radius 1 is 1.14 bits per heavy atom. The van der Waals surface area contributed by atoms with Gasteiger partial charge < -0.3 is 19.2 Å². The molecule has 0 amide bonds. The molecule has 114 valence electrons. The number of benzene rings is 1. The van der Waals surface area contributed by atoms with Crippen LogP contribution < -0.4 is 14.8 Å². The molecule has 21 heavy (non-hydrogen) atoms. The quantitative estimate of drug-likeness (QED) is 0.838. The number of methoxy groups -OCH3 is 2. The largest absolute Gasteiger partial charge is 0.493 e. The lowest BCUT2D eigenvalue weighted by molar-refractivity contribution is 0.353. The van der Waals surface area contributed by atoms with Crippen molar-refractivity contribution in [2.24, 2.45) is 0 Å². The van der Waals surface area contributed by atoms with Crippen LogP contribution in [0.2, 0.25) is 5.22 Å². The van der Waals surface area contributed by atoms with Crippen molar-refractivity contribution in [3.05, 3.63) is 46.9 Å². The van der Waals surface area contributed by atoms with Gasteiger partial charge in [0.2, 0.25) is 0 Å². The average Bonchev–Trinajstić information content (AvgIpc) is 2.93. The Labute approximate surface area is 130 Å². The van der Waals surface area contributed by atoms with Crippen LogP contribution in [0.15, 0.2) is 34.7 Å². The highest BCUT2D eigenvalue weighted by Crippen LogP contribution is 2.33. The van der Waals surface area contributed by atoms with E-state index in [1.54, 1.807) is 20.3 Å². The summed E-state index contributed by atoms with van der Waals surface area (Å²) < 4.78 is 16.2. The van der Waals surface area contributed by atoms with Gasteiger partial charge in [0.1, 0.15) is 5.76 Å². The molecule has 1 N–H and O–H groups in total. The van der Waals surface area contributed by atoms with Crippen molar-refractivity contribution < 1.29 is 13.9 Å². The van der Waals surface area contributed by atoms with Crippen molar-refractivity contribution >= 4 is 11.6 Å². The van der Waals surface area contributed by atoms with Crippen LogP contribution in [0.25, 0.3) is 0 Å². The summed E-state index contributed by atoms with van der Waals surface area (Å²) in [4.78, 5) is 0. The van der Waals surface area contributed by atoms with E-state index in [1.165, 1.54) is 0 Å². The molecule has 1 aromatic heterocycles. The van der Waals surface area contributed by atoms with E-state index in [2.05, 4.69) is 12.2 Å². The van der Waals surface area contributed by atoms with Crippen LogP contribution in [0, 0.1) is 0 Å². The summed E-state index contributed by atoms with van der Waals surface area (Å²) in [5.41, 5.74) is 1.03. The molecule has 0 radical (unpaired) electrons. The van der Waals surface area contributed by atoms with Gasteiger partial charge in [-0.3, -0.25) is 0 Å². The zero-order chi connectivity index (χ0) is 15.2. The predicted octanol–water partition coefficient (Wildman–Crippen LogP) is 4.04. The summed E-state index contributed by atoms with van der Waals surface area (Å²) in [5, 5.41) is 3.84. The van der Waals surface area contributed by atoms with Crippen LogP contribution >= 0.6 is 11.6 Å². The van der Waals surface area contributed by atoms with Crippen molar-refractivity contribution in [3.63, 3.8) is 0 Å². The summed E-state index contributed by atoms with van der Waals surface area (Å²) >= 11 is 5.89. The maximum Gasteiger partial charge on any atom is 0.193 e. The minimum atomic E-state index is -0.0720. The summed E-state index contributed by atoms with van der Waals surface area (Å²) in [6.07, 6.45) is 1.03. The first kappa shape index (κ1) is 15.7. The van der Waals surface area contributed by atoms with Gasteiger partial charge in [-0.05, 0) is 54.4 Å². The SMILES string of the molecule is CCCNC(c1ccc(OC)c(OC)c1)c1ccc(Cl)o1. The average molecular weight is 310 g/mol. The van der Waals surface area contributed by atoms with E-state index in [1.807, 2.05) is 24.3 Å². The summed E-state index contributed by atoms with van der Waals surface area (Å²) in [7, 11) is 3.25. The molecule has 4 nitrogen and oxygen atoms in total. The Kier molecular flexibility index (Phi) is 5.53. The standard InChI is InChI=1S/C16H20ClNO3/c1-4-9-18-16(13-7-8-15(17)21-13)11-5-6-12(19-2)14(10-11)20-3/h5-8,10,16,18H,4,9H2,1-3H3. The molecule has 2 rings (SSSR count). The lowest BCUT2D eigenvalue weighted by atomic mass is 10.0. The second-order valence-electron chi connectivity index (χ2n) is 4.64. The number of furan rings is 1. The molecule has 2 aromatic rings. The van der Waals surface area contributed by atoms with Gasteiger partial charge in [-0.2, -0.15) is 0 Å². The van der Waals surface area contributed by atoms with E-state index in [9.17, 15) is 0 Å². The molecule has 0 aliphatic heterocycles. The van der Waals surface area contributed by atoms with Gasteiger partial charge in [0.25, 0.3) is 0 Å². The van der Waals surface area contributed by atoms with E-state index < -0.39 is 0 Å². The minimum absolute atomic E-state index is 0.0720. The number of rotatable bonds is 7. The summed E-state index contributed by atoms with van der Waals surface area (Å²) in [5.74, 6) is 2.17. The van der Waals surface area contributed by atoms with E-state index >= 15 is 0 Å². The van der Waals surface area contributed by atoms with Crippen molar-refractivity contribution in [3.8, 4) is 11.5 Å². The number of hydrogen-bond acceptors (Lipinski definition) is 4. The highest BCUT2D eigenvalue weighted by atomic mass is 35.5. The topological polar surface area (TPSA) is 43.6 Å². The third-order valence-electron chi connectivity index (χ3n) is 3.22. The van der Waals surface area contributed by atoms with Crippen molar-refractivity contribution in [2.45, 2.75) is 19.4 Å². The van der Waals surface area contributed by atoms with Gasteiger partial charge in [0, 0.05) is 0 Å². The van der Waals surface area contributed by atoms with Crippen LogP contribution in [-0.2, 0) is 0 Å². The molecule has 0 aliphatic rings. The highest BCUT2D eigenvalue weighted by Gasteiger charge is 2.19. The van der Waals surface area contributed by atoms with Crippen molar-refractivity contribution in [1.29, 1.82) is 0 Å². The second-order valence-corrected chi connectivity index (χ2v) is 5.02. The molecule has 1 unspecified atom stereocenters. The fraction of sp³-hybridized carbons (Fsp3) is 0.375. The Bertz CT molecular complexity index is 583. The van der Waals surface area contributed by atoms with Crippen LogP contribution in [0.5, 0.6) is 11.5 Å². The zero-order valence-electron chi connectivity index (χ0n) is 12.5. The van der Waals surface area contributed by atoms with E-state index in [0.717, 1.165) is 24.3 Å². The predicted molar refractivity (Wildman–Crippen MR) is 83.4 cm³/mol. The maximum atomic E-state index is 5.89. The second kappa shape index (κ2) is 7.38. The third-order valence-corrected chi connectivity index (χ3v) is 3.42. The molecule has 0 saturated heterocycles. The fourth-order valence-corrected chi connectivity index (χ4v) is 2.34. The first-order valence-electron chi connectivity index (χ1n) is 6.90. The number of nitrogens with one attached hydrogen (secondary N) is 1. The van der Waals surface area contributed by atoms with Gasteiger partial charge in [0.05, 0.1) is 20.3 Å². The molecule has 1 aromatic carbocycles.